The Morgan fingerprint density at radius 1 is 1.06 bits per heavy atom. The Morgan fingerprint density at radius 2 is 1.83 bits per heavy atom. The molecule has 0 aromatic carbocycles. The maximum absolute atomic E-state index is 12.0. The molecular weight excluding hydrogens is 234 g/mol. The number of aliphatic carboxylic acids is 1. The predicted molar refractivity (Wildman–Crippen MR) is 65.1 cm³/mol. The Kier molecular flexibility index (Phi) is 4.58. The Balaban J connectivity index is 1.95. The zero-order valence-corrected chi connectivity index (χ0v) is 10.6. The largest absolute Gasteiger partial charge is 0.481 e. The van der Waals surface area contributed by atoms with Gasteiger partial charge in [0.1, 0.15) is 6.10 Å². The van der Waals surface area contributed by atoms with E-state index >= 15 is 0 Å². The van der Waals surface area contributed by atoms with E-state index in [9.17, 15) is 14.7 Å². The van der Waals surface area contributed by atoms with Gasteiger partial charge in [-0.05, 0) is 25.7 Å². The van der Waals surface area contributed by atoms with Crippen LogP contribution in [0.25, 0.3) is 0 Å². The highest BCUT2D eigenvalue weighted by atomic mass is 16.5. The van der Waals surface area contributed by atoms with Crippen LogP contribution in [0, 0.1) is 5.92 Å². The SMILES string of the molecule is O=C(O)C1CCCCCC1NC(=O)[C@@H]1CCCO1. The molecule has 0 radical (unpaired) electrons. The van der Waals surface area contributed by atoms with Gasteiger partial charge in [0, 0.05) is 12.6 Å². The van der Waals surface area contributed by atoms with Gasteiger partial charge in [0.25, 0.3) is 0 Å². The normalized spacial score (nSPS) is 32.8. The lowest BCUT2D eigenvalue weighted by Crippen LogP contribution is -2.46. The number of rotatable bonds is 3. The lowest BCUT2D eigenvalue weighted by atomic mass is 9.94. The van der Waals surface area contributed by atoms with E-state index in [-0.39, 0.29) is 18.1 Å². The van der Waals surface area contributed by atoms with Gasteiger partial charge in [-0.25, -0.2) is 0 Å². The molecule has 3 atom stereocenters. The second kappa shape index (κ2) is 6.18. The minimum Gasteiger partial charge on any atom is -0.481 e. The van der Waals surface area contributed by atoms with Gasteiger partial charge in [-0.1, -0.05) is 19.3 Å². The highest BCUT2D eigenvalue weighted by Crippen LogP contribution is 2.24. The van der Waals surface area contributed by atoms with Gasteiger partial charge in [-0.2, -0.15) is 0 Å². The smallest absolute Gasteiger partial charge is 0.308 e. The number of carboxylic acids is 1. The molecule has 1 saturated carbocycles. The van der Waals surface area contributed by atoms with Crippen LogP contribution in [-0.4, -0.2) is 35.7 Å². The lowest BCUT2D eigenvalue weighted by molar-refractivity contribution is -0.143. The minimum atomic E-state index is -0.797. The van der Waals surface area contributed by atoms with Crippen LogP contribution in [0.4, 0.5) is 0 Å². The summed E-state index contributed by atoms with van der Waals surface area (Å²) in [4.78, 5) is 23.2. The van der Waals surface area contributed by atoms with E-state index < -0.39 is 11.9 Å². The van der Waals surface area contributed by atoms with E-state index in [0.29, 0.717) is 13.0 Å². The summed E-state index contributed by atoms with van der Waals surface area (Å²) in [6.07, 6.45) is 5.67. The van der Waals surface area contributed by atoms with Crippen molar-refractivity contribution >= 4 is 11.9 Å². The second-order valence-electron chi connectivity index (χ2n) is 5.20. The van der Waals surface area contributed by atoms with Gasteiger partial charge in [0.05, 0.1) is 5.92 Å². The number of carbonyl (C=O) groups excluding carboxylic acids is 1. The average molecular weight is 255 g/mol. The molecule has 0 aromatic heterocycles. The Morgan fingerprint density at radius 3 is 2.50 bits per heavy atom. The first-order chi connectivity index (χ1) is 8.68. The van der Waals surface area contributed by atoms with Crippen LogP contribution < -0.4 is 5.32 Å². The first-order valence-corrected chi connectivity index (χ1v) is 6.83. The maximum atomic E-state index is 12.0. The summed E-state index contributed by atoms with van der Waals surface area (Å²) in [7, 11) is 0. The molecule has 0 bridgehead atoms. The van der Waals surface area contributed by atoms with Crippen LogP contribution >= 0.6 is 0 Å². The summed E-state index contributed by atoms with van der Waals surface area (Å²) >= 11 is 0. The zero-order chi connectivity index (χ0) is 13.0. The van der Waals surface area contributed by atoms with Crippen LogP contribution in [-0.2, 0) is 14.3 Å². The number of amides is 1. The minimum absolute atomic E-state index is 0.134. The van der Waals surface area contributed by atoms with Crippen molar-refractivity contribution in [1.82, 2.24) is 5.32 Å². The molecule has 102 valence electrons. The van der Waals surface area contributed by atoms with Crippen molar-refractivity contribution in [2.45, 2.75) is 57.1 Å². The highest BCUT2D eigenvalue weighted by molar-refractivity contribution is 5.82. The lowest BCUT2D eigenvalue weighted by Gasteiger charge is -2.24. The van der Waals surface area contributed by atoms with Crippen LogP contribution in [0.2, 0.25) is 0 Å². The van der Waals surface area contributed by atoms with E-state index in [1.807, 2.05) is 0 Å². The van der Waals surface area contributed by atoms with Gasteiger partial charge >= 0.3 is 5.97 Å². The molecule has 1 aliphatic carbocycles. The summed E-state index contributed by atoms with van der Waals surface area (Å²) in [6, 6.07) is -0.235. The Labute approximate surface area is 107 Å². The first kappa shape index (κ1) is 13.3. The molecule has 0 spiro atoms. The van der Waals surface area contributed by atoms with Crippen molar-refractivity contribution in [2.24, 2.45) is 5.92 Å². The summed E-state index contributed by atoms with van der Waals surface area (Å²) in [5.74, 6) is -1.38. The molecular formula is C13H21NO4. The van der Waals surface area contributed by atoms with E-state index in [1.165, 1.54) is 0 Å². The molecule has 2 aliphatic rings. The molecule has 18 heavy (non-hydrogen) atoms. The van der Waals surface area contributed by atoms with E-state index in [4.69, 9.17) is 4.74 Å². The van der Waals surface area contributed by atoms with E-state index in [1.54, 1.807) is 0 Å². The molecule has 5 heteroatoms. The van der Waals surface area contributed by atoms with Crippen LogP contribution in [0.5, 0.6) is 0 Å². The molecule has 1 saturated heterocycles. The predicted octanol–water partition coefficient (Wildman–Crippen LogP) is 1.32. The summed E-state index contributed by atoms with van der Waals surface area (Å²) in [5, 5.41) is 12.1. The van der Waals surface area contributed by atoms with Crippen LogP contribution in [0.1, 0.15) is 44.9 Å². The van der Waals surface area contributed by atoms with Gasteiger partial charge < -0.3 is 15.2 Å². The summed E-state index contributed by atoms with van der Waals surface area (Å²) < 4.78 is 5.32. The monoisotopic (exact) mass is 255 g/mol. The van der Waals surface area contributed by atoms with Crippen LogP contribution in [0.3, 0.4) is 0 Å². The fourth-order valence-electron chi connectivity index (χ4n) is 2.84. The van der Waals surface area contributed by atoms with Gasteiger partial charge in [0.15, 0.2) is 0 Å². The van der Waals surface area contributed by atoms with E-state index in [0.717, 1.165) is 38.5 Å². The fourth-order valence-corrected chi connectivity index (χ4v) is 2.84. The molecule has 1 aliphatic heterocycles. The quantitative estimate of drug-likeness (QED) is 0.746. The zero-order valence-electron chi connectivity index (χ0n) is 10.6. The third-order valence-corrected chi connectivity index (χ3v) is 3.88. The van der Waals surface area contributed by atoms with Gasteiger partial charge in [0.2, 0.25) is 5.91 Å². The van der Waals surface area contributed by atoms with Gasteiger partial charge in [-0.3, -0.25) is 9.59 Å². The second-order valence-corrected chi connectivity index (χ2v) is 5.20. The molecule has 2 unspecified atom stereocenters. The van der Waals surface area contributed by atoms with Crippen molar-refractivity contribution in [3.8, 4) is 0 Å². The third-order valence-electron chi connectivity index (χ3n) is 3.88. The first-order valence-electron chi connectivity index (χ1n) is 6.83. The summed E-state index contributed by atoms with van der Waals surface area (Å²) in [5.41, 5.74) is 0. The Hall–Kier alpha value is -1.10. The number of carbonyl (C=O) groups is 2. The molecule has 5 nitrogen and oxygen atoms in total. The fraction of sp³-hybridized carbons (Fsp3) is 0.846. The molecule has 1 heterocycles. The third kappa shape index (κ3) is 3.22. The molecule has 1 amide bonds. The maximum Gasteiger partial charge on any atom is 0.308 e. The average Bonchev–Trinajstić information content (AvgIpc) is 2.77. The molecule has 2 fully saturated rings. The van der Waals surface area contributed by atoms with Crippen molar-refractivity contribution in [3.05, 3.63) is 0 Å². The number of hydrogen-bond donors (Lipinski definition) is 2. The molecule has 2 rings (SSSR count). The standard InChI is InChI=1S/C13H21NO4/c15-12(11-7-4-8-18-11)14-10-6-3-1-2-5-9(10)13(16)17/h9-11H,1-8H2,(H,14,15)(H,16,17)/t9?,10?,11-/m0/s1. The van der Waals surface area contributed by atoms with E-state index in [2.05, 4.69) is 5.32 Å². The van der Waals surface area contributed by atoms with Crippen molar-refractivity contribution in [2.75, 3.05) is 6.61 Å². The Bertz CT molecular complexity index is 312. The number of hydrogen-bond acceptors (Lipinski definition) is 3. The number of nitrogens with one attached hydrogen (secondary N) is 1. The van der Waals surface area contributed by atoms with Crippen molar-refractivity contribution in [1.29, 1.82) is 0 Å². The number of carboxylic acid groups (broad SMARTS) is 1. The highest BCUT2D eigenvalue weighted by Gasteiger charge is 2.33. The number of ether oxygens (including phenoxy) is 1. The van der Waals surface area contributed by atoms with Gasteiger partial charge in [-0.15, -0.1) is 0 Å². The molecule has 2 N–H and O–H groups in total. The van der Waals surface area contributed by atoms with Crippen molar-refractivity contribution < 1.29 is 19.4 Å². The van der Waals surface area contributed by atoms with Crippen molar-refractivity contribution in [3.63, 3.8) is 0 Å². The summed E-state index contributed by atoms with van der Waals surface area (Å²) in [6.45, 7) is 0.630. The topological polar surface area (TPSA) is 75.6 Å². The molecule has 0 aromatic rings. The van der Waals surface area contributed by atoms with Crippen LogP contribution in [0.15, 0.2) is 0 Å².